The fraction of sp³-hybridized carbons (Fsp3) is 0.143. The largest absolute Gasteiger partial charge is 0.272 e. The first-order valence-corrected chi connectivity index (χ1v) is 11.8. The van der Waals surface area contributed by atoms with Crippen molar-refractivity contribution in [2.45, 2.75) is 25.8 Å². The van der Waals surface area contributed by atoms with Gasteiger partial charge in [0.15, 0.2) is 4.80 Å². The zero-order valence-electron chi connectivity index (χ0n) is 17.8. The Balaban J connectivity index is 1.64. The molecular formula is C28H22N2OS. The molecule has 0 fully saturated rings. The van der Waals surface area contributed by atoms with Crippen molar-refractivity contribution in [3.8, 4) is 0 Å². The lowest BCUT2D eigenvalue weighted by Crippen LogP contribution is -2.38. The van der Waals surface area contributed by atoms with Gasteiger partial charge in [-0.1, -0.05) is 95.8 Å². The minimum atomic E-state index is -0.117. The van der Waals surface area contributed by atoms with Crippen molar-refractivity contribution in [2.75, 3.05) is 0 Å². The van der Waals surface area contributed by atoms with Gasteiger partial charge < -0.3 is 0 Å². The Labute approximate surface area is 190 Å². The van der Waals surface area contributed by atoms with E-state index in [9.17, 15) is 4.79 Å². The van der Waals surface area contributed by atoms with Gasteiger partial charge in [0.1, 0.15) is 0 Å². The predicted molar refractivity (Wildman–Crippen MR) is 130 cm³/mol. The third kappa shape index (κ3) is 3.10. The molecule has 0 amide bonds. The average Bonchev–Trinajstić information content (AvgIpc) is 3.13. The summed E-state index contributed by atoms with van der Waals surface area (Å²) in [5.74, 6) is 0. The summed E-state index contributed by atoms with van der Waals surface area (Å²) in [7, 11) is 0. The van der Waals surface area contributed by atoms with Crippen molar-refractivity contribution in [1.82, 2.24) is 4.57 Å². The molecule has 0 N–H and O–H groups in total. The molecule has 156 valence electrons. The van der Waals surface area contributed by atoms with Crippen molar-refractivity contribution in [3.05, 3.63) is 132 Å². The molecule has 1 atom stereocenters. The summed E-state index contributed by atoms with van der Waals surface area (Å²) < 4.78 is 2.64. The molecule has 1 aliphatic carbocycles. The van der Waals surface area contributed by atoms with Crippen LogP contribution in [0.25, 0.3) is 11.8 Å². The van der Waals surface area contributed by atoms with Crippen LogP contribution in [-0.2, 0) is 6.42 Å². The van der Waals surface area contributed by atoms with Gasteiger partial charge in [-0.2, -0.15) is 0 Å². The molecule has 1 aromatic heterocycles. The van der Waals surface area contributed by atoms with Crippen LogP contribution in [0.1, 0.15) is 40.3 Å². The number of hydrogen-bond donors (Lipinski definition) is 0. The number of benzene rings is 3. The second-order valence-electron chi connectivity index (χ2n) is 8.44. The van der Waals surface area contributed by atoms with Crippen molar-refractivity contribution in [2.24, 2.45) is 4.99 Å². The van der Waals surface area contributed by atoms with Gasteiger partial charge in [0, 0.05) is 5.56 Å². The van der Waals surface area contributed by atoms with Crippen LogP contribution >= 0.6 is 11.3 Å². The fourth-order valence-corrected chi connectivity index (χ4v) is 5.77. The number of allylic oxidation sites excluding steroid dienone is 1. The van der Waals surface area contributed by atoms with Crippen molar-refractivity contribution < 1.29 is 0 Å². The summed E-state index contributed by atoms with van der Waals surface area (Å²) in [5, 5.41) is 0. The van der Waals surface area contributed by atoms with E-state index in [1.165, 1.54) is 33.6 Å². The van der Waals surface area contributed by atoms with E-state index < -0.39 is 0 Å². The highest BCUT2D eigenvalue weighted by Crippen LogP contribution is 2.41. The first-order chi connectivity index (χ1) is 15.7. The smallest absolute Gasteiger partial charge is 0.271 e. The highest BCUT2D eigenvalue weighted by Gasteiger charge is 2.32. The van der Waals surface area contributed by atoms with Crippen molar-refractivity contribution >= 4 is 23.1 Å². The number of aromatic nitrogens is 1. The summed E-state index contributed by atoms with van der Waals surface area (Å²) in [6.45, 7) is 2.09. The molecule has 0 bridgehead atoms. The zero-order valence-corrected chi connectivity index (χ0v) is 18.6. The molecule has 3 aromatic carbocycles. The first kappa shape index (κ1) is 19.2. The number of rotatable bonds is 2. The summed E-state index contributed by atoms with van der Waals surface area (Å²) in [4.78, 5) is 19.5. The van der Waals surface area contributed by atoms with Crippen LogP contribution in [0.5, 0.6) is 0 Å². The summed E-state index contributed by atoms with van der Waals surface area (Å²) >= 11 is 1.48. The second kappa shape index (κ2) is 7.57. The molecule has 4 heteroatoms. The van der Waals surface area contributed by atoms with E-state index in [0.29, 0.717) is 0 Å². The van der Waals surface area contributed by atoms with Gasteiger partial charge in [-0.05, 0) is 48.1 Å². The van der Waals surface area contributed by atoms with Crippen LogP contribution in [0.3, 0.4) is 0 Å². The van der Waals surface area contributed by atoms with Crippen LogP contribution in [-0.4, -0.2) is 4.57 Å². The van der Waals surface area contributed by atoms with Crippen LogP contribution in [0.15, 0.2) is 94.2 Å². The van der Waals surface area contributed by atoms with E-state index in [4.69, 9.17) is 4.99 Å². The van der Waals surface area contributed by atoms with Gasteiger partial charge >= 0.3 is 0 Å². The highest BCUT2D eigenvalue weighted by atomic mass is 32.1. The topological polar surface area (TPSA) is 34.4 Å². The molecule has 0 saturated heterocycles. The molecule has 32 heavy (non-hydrogen) atoms. The van der Waals surface area contributed by atoms with Crippen molar-refractivity contribution in [1.29, 1.82) is 0 Å². The molecule has 4 aromatic rings. The zero-order chi connectivity index (χ0) is 21.7. The molecule has 0 saturated carbocycles. The third-order valence-corrected chi connectivity index (χ3v) is 7.35. The van der Waals surface area contributed by atoms with Crippen LogP contribution in [0.4, 0.5) is 0 Å². The Morgan fingerprint density at radius 1 is 0.938 bits per heavy atom. The van der Waals surface area contributed by atoms with Crippen LogP contribution < -0.4 is 14.9 Å². The van der Waals surface area contributed by atoms with E-state index >= 15 is 0 Å². The number of thiazole rings is 1. The molecule has 1 unspecified atom stereocenters. The average molecular weight is 435 g/mol. The Morgan fingerprint density at radius 3 is 2.50 bits per heavy atom. The van der Waals surface area contributed by atoms with Crippen LogP contribution in [0.2, 0.25) is 0 Å². The molecule has 2 heterocycles. The summed E-state index contributed by atoms with van der Waals surface area (Å²) in [6, 6.07) is 27.0. The van der Waals surface area contributed by atoms with Gasteiger partial charge in [-0.3, -0.25) is 9.36 Å². The Hall–Kier alpha value is -3.50. The standard InChI is InChI=1S/C28H22N2OS/c1-18-11-13-21(14-12-18)26-23-16-15-20-9-5-6-10-22(20)25(23)29-28-30(26)27(31)24(32-28)17-19-7-3-2-4-8-19/h2-14,17,26H,15-16H2,1H3. The summed E-state index contributed by atoms with van der Waals surface area (Å²) in [5.41, 5.74) is 8.24. The van der Waals surface area contributed by atoms with Gasteiger partial charge in [0.25, 0.3) is 5.56 Å². The molecule has 0 spiro atoms. The lowest BCUT2D eigenvalue weighted by molar-refractivity contribution is 0.585. The molecule has 6 rings (SSSR count). The molecule has 1 aliphatic heterocycles. The van der Waals surface area contributed by atoms with E-state index in [0.717, 1.165) is 39.0 Å². The SMILES string of the molecule is Cc1ccc(C2C3=C(N=c4sc(=Cc5ccccc5)c(=O)n42)c2ccccc2CC3)cc1. The van der Waals surface area contributed by atoms with Gasteiger partial charge in [0.05, 0.1) is 16.3 Å². The molecule has 3 nitrogen and oxygen atoms in total. The van der Waals surface area contributed by atoms with Gasteiger partial charge in [-0.25, -0.2) is 4.99 Å². The monoisotopic (exact) mass is 434 g/mol. The number of fused-ring (bicyclic) bond motifs is 3. The predicted octanol–water partition coefficient (Wildman–Crippen LogP) is 4.63. The second-order valence-corrected chi connectivity index (χ2v) is 9.44. The maximum absolute atomic E-state index is 13.6. The van der Waals surface area contributed by atoms with Gasteiger partial charge in [-0.15, -0.1) is 0 Å². The number of aryl methyl sites for hydroxylation is 2. The quantitative estimate of drug-likeness (QED) is 0.453. The maximum atomic E-state index is 13.6. The first-order valence-electron chi connectivity index (χ1n) is 10.9. The Morgan fingerprint density at radius 2 is 1.69 bits per heavy atom. The minimum Gasteiger partial charge on any atom is -0.272 e. The molecular weight excluding hydrogens is 412 g/mol. The minimum absolute atomic E-state index is 0.0357. The fourth-order valence-electron chi connectivity index (χ4n) is 4.77. The molecule has 0 radical (unpaired) electrons. The van der Waals surface area contributed by atoms with Crippen molar-refractivity contribution in [3.63, 3.8) is 0 Å². The maximum Gasteiger partial charge on any atom is 0.271 e. The van der Waals surface area contributed by atoms with E-state index in [-0.39, 0.29) is 11.6 Å². The third-order valence-electron chi connectivity index (χ3n) is 6.36. The van der Waals surface area contributed by atoms with Crippen LogP contribution in [0, 0.1) is 6.92 Å². The Kier molecular flexibility index (Phi) is 4.54. The Bertz CT molecular complexity index is 1540. The lowest BCUT2D eigenvalue weighted by Gasteiger charge is -2.30. The summed E-state index contributed by atoms with van der Waals surface area (Å²) in [6.07, 6.45) is 3.87. The highest BCUT2D eigenvalue weighted by molar-refractivity contribution is 7.07. The van der Waals surface area contributed by atoms with Gasteiger partial charge in [0.2, 0.25) is 0 Å². The lowest BCUT2D eigenvalue weighted by atomic mass is 9.83. The number of nitrogens with zero attached hydrogens (tertiary/aromatic N) is 2. The number of hydrogen-bond acceptors (Lipinski definition) is 3. The normalized spacial score (nSPS) is 17.4. The van der Waals surface area contributed by atoms with E-state index in [2.05, 4.69) is 55.5 Å². The van der Waals surface area contributed by atoms with E-state index in [1.54, 1.807) is 0 Å². The van der Waals surface area contributed by atoms with E-state index in [1.807, 2.05) is 41.0 Å². The molecule has 2 aliphatic rings.